The van der Waals surface area contributed by atoms with Gasteiger partial charge in [-0.3, -0.25) is 4.98 Å². The van der Waals surface area contributed by atoms with Crippen LogP contribution in [0, 0.1) is 18.2 Å². The summed E-state index contributed by atoms with van der Waals surface area (Å²) in [4.78, 5) is 18.2. The molecule has 0 bridgehead atoms. The number of unbranched alkanes of at least 4 members (excludes halogenated alkanes) is 1. The van der Waals surface area contributed by atoms with Crippen LogP contribution >= 0.6 is 0 Å². The van der Waals surface area contributed by atoms with Gasteiger partial charge >= 0.3 is 6.09 Å². The first-order valence-electron chi connectivity index (χ1n) is 9.08. The molecule has 1 saturated heterocycles. The van der Waals surface area contributed by atoms with Crippen molar-refractivity contribution in [3.8, 4) is 0 Å². The number of halogens is 1. The lowest BCUT2D eigenvalue weighted by Crippen LogP contribution is -2.48. The molecule has 1 aliphatic heterocycles. The molecule has 5 heteroatoms. The van der Waals surface area contributed by atoms with E-state index in [4.69, 9.17) is 4.74 Å². The fraction of sp³-hybridized carbons (Fsp3) is 0.684. The number of hydrogen-bond donors (Lipinski definition) is 0. The number of piperidine rings is 1. The van der Waals surface area contributed by atoms with Crippen molar-refractivity contribution in [3.05, 3.63) is 29.3 Å². The van der Waals surface area contributed by atoms with Crippen molar-refractivity contribution in [3.63, 3.8) is 0 Å². The normalized spacial score (nSPS) is 20.0. The van der Waals surface area contributed by atoms with Crippen LogP contribution in [0.15, 0.2) is 12.1 Å². The van der Waals surface area contributed by atoms with E-state index in [0.717, 1.165) is 57.3 Å². The van der Waals surface area contributed by atoms with Gasteiger partial charge in [-0.2, -0.15) is 0 Å². The number of amides is 1. The van der Waals surface area contributed by atoms with E-state index in [0.29, 0.717) is 23.6 Å². The van der Waals surface area contributed by atoms with E-state index in [9.17, 15) is 9.18 Å². The molecule has 3 rings (SSSR count). The molecule has 2 heterocycles. The summed E-state index contributed by atoms with van der Waals surface area (Å²) in [5.41, 5.74) is 1.84. The average Bonchev–Trinajstić information content (AvgIpc) is 2.55. The first-order chi connectivity index (χ1) is 11.5. The van der Waals surface area contributed by atoms with E-state index in [2.05, 4.69) is 11.9 Å². The zero-order valence-electron chi connectivity index (χ0n) is 14.7. The van der Waals surface area contributed by atoms with Gasteiger partial charge in [-0.05, 0) is 56.6 Å². The second kappa shape index (κ2) is 7.08. The molecule has 0 unspecified atom stereocenters. The predicted molar refractivity (Wildman–Crippen MR) is 90.4 cm³/mol. The molecule has 0 aromatic carbocycles. The highest BCUT2D eigenvalue weighted by molar-refractivity contribution is 5.67. The molecular weight excluding hydrogens is 307 g/mol. The summed E-state index contributed by atoms with van der Waals surface area (Å²) in [5.74, 6) is 0.204. The molecule has 1 aromatic heterocycles. The molecule has 1 amide bonds. The van der Waals surface area contributed by atoms with E-state index in [-0.39, 0.29) is 11.9 Å². The Kier molecular flexibility index (Phi) is 5.07. The van der Waals surface area contributed by atoms with Gasteiger partial charge in [0.05, 0.1) is 12.3 Å². The number of ether oxygens (including phenoxy) is 1. The second-order valence-electron chi connectivity index (χ2n) is 7.36. The van der Waals surface area contributed by atoms with Crippen LogP contribution in [-0.2, 0) is 4.74 Å². The van der Waals surface area contributed by atoms with E-state index >= 15 is 0 Å². The standard InChI is InChI=1S/C19H27FN2O2/c1-3-4-11-24-18(23)22-9-7-19(8-10-22)12-15(13-19)17-6-5-16(20)14(2)21-17/h5-6,15H,3-4,7-13H2,1-2H3. The maximum absolute atomic E-state index is 13.4. The SMILES string of the molecule is CCCCOC(=O)N1CCC2(CC1)CC(c1ccc(F)c(C)n1)C2. The number of carbonyl (C=O) groups excluding carboxylic acids is 1. The van der Waals surface area contributed by atoms with Gasteiger partial charge in [0.2, 0.25) is 0 Å². The molecule has 24 heavy (non-hydrogen) atoms. The molecule has 132 valence electrons. The van der Waals surface area contributed by atoms with Gasteiger partial charge in [-0.1, -0.05) is 13.3 Å². The lowest BCUT2D eigenvalue weighted by Gasteiger charge is -2.52. The zero-order chi connectivity index (χ0) is 17.2. The maximum Gasteiger partial charge on any atom is 0.409 e. The van der Waals surface area contributed by atoms with Crippen LogP contribution in [0.25, 0.3) is 0 Å². The van der Waals surface area contributed by atoms with Crippen molar-refractivity contribution in [2.45, 2.75) is 58.3 Å². The van der Waals surface area contributed by atoms with E-state index in [1.54, 1.807) is 6.92 Å². The molecule has 4 nitrogen and oxygen atoms in total. The highest BCUT2D eigenvalue weighted by Gasteiger charge is 2.47. The van der Waals surface area contributed by atoms with Crippen molar-refractivity contribution < 1.29 is 13.9 Å². The van der Waals surface area contributed by atoms with Crippen molar-refractivity contribution >= 4 is 6.09 Å². The maximum atomic E-state index is 13.4. The third-order valence-corrected chi connectivity index (χ3v) is 5.63. The van der Waals surface area contributed by atoms with Gasteiger partial charge in [-0.25, -0.2) is 9.18 Å². The van der Waals surface area contributed by atoms with E-state index < -0.39 is 0 Å². The first-order valence-corrected chi connectivity index (χ1v) is 9.08. The molecule has 0 N–H and O–H groups in total. The monoisotopic (exact) mass is 334 g/mol. The minimum absolute atomic E-state index is 0.162. The van der Waals surface area contributed by atoms with Crippen molar-refractivity contribution in [1.29, 1.82) is 0 Å². The van der Waals surface area contributed by atoms with Crippen LogP contribution in [0.3, 0.4) is 0 Å². The third kappa shape index (κ3) is 3.55. The van der Waals surface area contributed by atoms with Crippen molar-refractivity contribution in [2.75, 3.05) is 19.7 Å². The minimum atomic E-state index is -0.234. The van der Waals surface area contributed by atoms with Crippen molar-refractivity contribution in [1.82, 2.24) is 9.88 Å². The number of carbonyl (C=O) groups is 1. The Balaban J connectivity index is 1.48. The fourth-order valence-corrected chi connectivity index (χ4v) is 3.95. The summed E-state index contributed by atoms with van der Waals surface area (Å²) in [6, 6.07) is 3.34. The number of aromatic nitrogens is 1. The summed E-state index contributed by atoms with van der Waals surface area (Å²) in [6.07, 6.45) is 6.07. The highest BCUT2D eigenvalue weighted by Crippen LogP contribution is 2.56. The summed E-state index contributed by atoms with van der Waals surface area (Å²) in [7, 11) is 0. The molecule has 1 saturated carbocycles. The summed E-state index contributed by atoms with van der Waals surface area (Å²) < 4.78 is 18.6. The average molecular weight is 334 g/mol. The Labute approximate surface area is 143 Å². The van der Waals surface area contributed by atoms with Gasteiger partial charge in [0.15, 0.2) is 0 Å². The molecule has 2 aliphatic rings. The smallest absolute Gasteiger partial charge is 0.409 e. The molecular formula is C19H27FN2O2. The number of nitrogens with zero attached hydrogens (tertiary/aromatic N) is 2. The fourth-order valence-electron chi connectivity index (χ4n) is 3.95. The summed E-state index contributed by atoms with van der Waals surface area (Å²) in [6.45, 7) is 5.90. The Morgan fingerprint density at radius 2 is 2.08 bits per heavy atom. The van der Waals surface area contributed by atoms with Gasteiger partial charge < -0.3 is 9.64 Å². The van der Waals surface area contributed by atoms with Crippen LogP contribution in [-0.4, -0.2) is 35.7 Å². The number of aryl methyl sites for hydroxylation is 1. The molecule has 0 radical (unpaired) electrons. The quantitative estimate of drug-likeness (QED) is 0.765. The Hall–Kier alpha value is -1.65. The topological polar surface area (TPSA) is 42.4 Å². The first kappa shape index (κ1) is 17.2. The van der Waals surface area contributed by atoms with Crippen LogP contribution in [0.5, 0.6) is 0 Å². The van der Waals surface area contributed by atoms with Gasteiger partial charge in [-0.15, -0.1) is 0 Å². The molecule has 1 spiro atoms. The summed E-state index contributed by atoms with van der Waals surface area (Å²) >= 11 is 0. The van der Waals surface area contributed by atoms with Crippen molar-refractivity contribution in [2.24, 2.45) is 5.41 Å². The van der Waals surface area contributed by atoms with Gasteiger partial charge in [0, 0.05) is 24.7 Å². The lowest BCUT2D eigenvalue weighted by molar-refractivity contribution is 0.0105. The number of pyridine rings is 1. The molecule has 1 aromatic rings. The third-order valence-electron chi connectivity index (χ3n) is 5.63. The van der Waals surface area contributed by atoms with Crippen LogP contribution in [0.4, 0.5) is 9.18 Å². The Morgan fingerprint density at radius 1 is 1.38 bits per heavy atom. The van der Waals surface area contributed by atoms with E-state index in [1.807, 2.05) is 11.0 Å². The highest BCUT2D eigenvalue weighted by atomic mass is 19.1. The minimum Gasteiger partial charge on any atom is -0.449 e. The van der Waals surface area contributed by atoms with E-state index in [1.165, 1.54) is 6.07 Å². The largest absolute Gasteiger partial charge is 0.449 e. The van der Waals surface area contributed by atoms with Gasteiger partial charge in [0.25, 0.3) is 0 Å². The Bertz CT molecular complexity index is 589. The predicted octanol–water partition coefficient (Wildman–Crippen LogP) is 4.43. The number of rotatable bonds is 4. The lowest BCUT2D eigenvalue weighted by atomic mass is 9.57. The molecule has 2 fully saturated rings. The Morgan fingerprint density at radius 3 is 2.71 bits per heavy atom. The van der Waals surface area contributed by atoms with Crippen LogP contribution in [0.1, 0.15) is 62.8 Å². The number of hydrogen-bond acceptors (Lipinski definition) is 3. The molecule has 1 aliphatic carbocycles. The van der Waals surface area contributed by atoms with Crippen LogP contribution in [0.2, 0.25) is 0 Å². The molecule has 0 atom stereocenters. The van der Waals surface area contributed by atoms with Gasteiger partial charge in [0.1, 0.15) is 5.82 Å². The summed E-state index contributed by atoms with van der Waals surface area (Å²) in [5, 5.41) is 0. The number of likely N-dealkylation sites (tertiary alicyclic amines) is 1. The second-order valence-corrected chi connectivity index (χ2v) is 7.36. The van der Waals surface area contributed by atoms with Crippen LogP contribution < -0.4 is 0 Å². The zero-order valence-corrected chi connectivity index (χ0v) is 14.7.